The van der Waals surface area contributed by atoms with E-state index in [1.807, 2.05) is 0 Å². The largest absolute Gasteiger partial charge is 0.443 e. The van der Waals surface area contributed by atoms with Gasteiger partial charge < -0.3 is 9.84 Å². The number of amides is 1. The molecular weight excluding hydrogens is 411 g/mol. The summed E-state index contributed by atoms with van der Waals surface area (Å²) in [5, 5.41) is 8.52. The van der Waals surface area contributed by atoms with Gasteiger partial charge in [0, 0.05) is 21.4 Å². The van der Waals surface area contributed by atoms with Gasteiger partial charge >= 0.3 is 24.6 Å². The molecule has 24 heavy (non-hydrogen) atoms. The predicted octanol–water partition coefficient (Wildman–Crippen LogP) is 1.58. The monoisotopic (exact) mass is 430 g/mol. The third kappa shape index (κ3) is 49.7. The van der Waals surface area contributed by atoms with Crippen LogP contribution in [0, 0.1) is 0 Å². The molecule has 0 saturated heterocycles. The summed E-state index contributed by atoms with van der Waals surface area (Å²) in [5.41, 5.74) is -1.24. The maximum Gasteiger partial charge on any atom is 0.422 e. The highest BCUT2D eigenvalue weighted by Crippen LogP contribution is 2.07. The third-order valence-electron chi connectivity index (χ3n) is 0.750. The Bertz CT molecular complexity index is 635. The standard InChI is InChI=1S/C5H10ClNO4S.C4H10O.CClNO3S/c1-5(2,3)11-4(8)7-12(6,9)10;1-4(2,3)5;2-7(5,6)3-1-4/h1-3H3,(H,7,8);5H,1-3H3;. The molecule has 0 aromatic rings. The lowest BCUT2D eigenvalue weighted by atomic mass is 10.2. The molecule has 0 spiro atoms. The minimum Gasteiger partial charge on any atom is -0.443 e. The number of carbonyl (C=O) groups excluding carboxylic acids is 2. The molecule has 144 valence electrons. The zero-order valence-corrected chi connectivity index (χ0v) is 17.0. The molecular formula is C10H20Cl2N2O8S2. The zero-order chi connectivity index (χ0) is 20.4. The minimum atomic E-state index is -4.05. The van der Waals surface area contributed by atoms with Gasteiger partial charge in [-0.3, -0.25) is 0 Å². The molecule has 0 heterocycles. The zero-order valence-electron chi connectivity index (χ0n) is 13.8. The van der Waals surface area contributed by atoms with Crippen LogP contribution in [-0.4, -0.2) is 45.3 Å². The molecule has 0 aliphatic heterocycles. The van der Waals surface area contributed by atoms with Crippen LogP contribution in [0.5, 0.6) is 0 Å². The van der Waals surface area contributed by atoms with Crippen molar-refractivity contribution in [3.8, 4) is 0 Å². The second kappa shape index (κ2) is 10.9. The first kappa shape index (κ1) is 27.9. The number of halogens is 2. The van der Waals surface area contributed by atoms with Crippen molar-refractivity contribution in [1.29, 1.82) is 0 Å². The van der Waals surface area contributed by atoms with Gasteiger partial charge in [-0.2, -0.15) is 16.8 Å². The first-order chi connectivity index (χ1) is 10.2. The normalized spacial score (nSPS) is 11.5. The van der Waals surface area contributed by atoms with Gasteiger partial charge in [0.05, 0.1) is 5.60 Å². The van der Waals surface area contributed by atoms with E-state index in [9.17, 15) is 21.6 Å². The smallest absolute Gasteiger partial charge is 0.422 e. The van der Waals surface area contributed by atoms with Crippen LogP contribution < -0.4 is 4.72 Å². The molecule has 0 radical (unpaired) electrons. The van der Waals surface area contributed by atoms with Crippen molar-refractivity contribution in [3.63, 3.8) is 0 Å². The Labute approximate surface area is 150 Å². The second-order valence-corrected chi connectivity index (χ2v) is 10.3. The van der Waals surface area contributed by atoms with E-state index < -0.39 is 35.8 Å². The number of aliphatic hydroxyl groups is 1. The van der Waals surface area contributed by atoms with Crippen LogP contribution in [0.1, 0.15) is 41.5 Å². The summed E-state index contributed by atoms with van der Waals surface area (Å²) in [5.74, 6) is 0. The number of nitrogens with zero attached hydrogens (tertiary/aromatic N) is 1. The van der Waals surface area contributed by atoms with Crippen LogP contribution in [-0.2, 0) is 28.0 Å². The van der Waals surface area contributed by atoms with E-state index in [1.165, 1.54) is 4.72 Å². The van der Waals surface area contributed by atoms with Gasteiger partial charge in [-0.1, -0.05) is 4.40 Å². The lowest BCUT2D eigenvalue weighted by Gasteiger charge is -2.18. The fourth-order valence-corrected chi connectivity index (χ4v) is 1.05. The van der Waals surface area contributed by atoms with Crippen molar-refractivity contribution in [2.75, 3.05) is 0 Å². The molecule has 0 saturated carbocycles. The molecule has 14 heteroatoms. The van der Waals surface area contributed by atoms with E-state index in [-0.39, 0.29) is 0 Å². The SMILES string of the molecule is CC(C)(C)O.CC(C)(C)OC(=O)NS(=O)(=O)Cl.O=C=NS(=O)(=O)Cl. The third-order valence-corrected chi connectivity index (χ3v) is 1.89. The minimum absolute atomic E-state index is 0.500. The fourth-order valence-electron chi connectivity index (χ4n) is 0.443. The summed E-state index contributed by atoms with van der Waals surface area (Å²) in [6.45, 7) is 10.0. The maximum atomic E-state index is 10.7. The Morgan fingerprint density at radius 2 is 1.42 bits per heavy atom. The summed E-state index contributed by atoms with van der Waals surface area (Å²) in [6, 6.07) is 0. The van der Waals surface area contributed by atoms with E-state index in [2.05, 4.69) is 19.8 Å². The Morgan fingerprint density at radius 3 is 1.54 bits per heavy atom. The number of ether oxygens (including phenoxy) is 1. The van der Waals surface area contributed by atoms with Crippen LogP contribution >= 0.6 is 21.4 Å². The molecule has 0 fully saturated rings. The summed E-state index contributed by atoms with van der Waals surface area (Å²) in [6.07, 6.45) is -0.323. The van der Waals surface area contributed by atoms with Gasteiger partial charge in [-0.15, -0.1) is 0 Å². The highest BCUT2D eigenvalue weighted by atomic mass is 35.7. The van der Waals surface area contributed by atoms with Gasteiger partial charge in [0.25, 0.3) is 6.08 Å². The van der Waals surface area contributed by atoms with Crippen molar-refractivity contribution < 1.29 is 36.3 Å². The van der Waals surface area contributed by atoms with Crippen LogP contribution in [0.25, 0.3) is 0 Å². The summed E-state index contributed by atoms with van der Waals surface area (Å²) >= 11 is 0. The van der Waals surface area contributed by atoms with Gasteiger partial charge in [-0.25, -0.2) is 14.3 Å². The first-order valence-electron chi connectivity index (χ1n) is 5.88. The Hall–Kier alpha value is -0.910. The van der Waals surface area contributed by atoms with Crippen molar-refractivity contribution in [2.24, 2.45) is 4.40 Å². The number of rotatable bonds is 2. The topological polar surface area (TPSA) is 156 Å². The maximum absolute atomic E-state index is 10.7. The number of hydrogen-bond donors (Lipinski definition) is 2. The number of carbonyl (C=O) groups is 1. The lowest BCUT2D eigenvalue weighted by molar-refractivity contribution is 0.0571. The summed E-state index contributed by atoms with van der Waals surface area (Å²) < 4.78 is 47.9. The molecule has 10 nitrogen and oxygen atoms in total. The van der Waals surface area contributed by atoms with E-state index in [0.717, 1.165) is 6.08 Å². The molecule has 0 atom stereocenters. The molecule has 0 aromatic carbocycles. The number of hydrogen-bond acceptors (Lipinski definition) is 8. The number of isocyanates is 1. The summed E-state index contributed by atoms with van der Waals surface area (Å²) in [7, 11) is 1.04. The average molecular weight is 431 g/mol. The molecule has 0 aliphatic rings. The Balaban J connectivity index is -0.000000311. The molecule has 0 rings (SSSR count). The van der Waals surface area contributed by atoms with Gasteiger partial charge in [0.2, 0.25) is 0 Å². The van der Waals surface area contributed by atoms with Crippen LogP contribution in [0.4, 0.5) is 4.79 Å². The van der Waals surface area contributed by atoms with Crippen molar-refractivity contribution in [2.45, 2.75) is 52.7 Å². The van der Waals surface area contributed by atoms with Gasteiger partial charge in [0.1, 0.15) is 5.60 Å². The first-order valence-corrected chi connectivity index (χ1v) is 10.5. The average Bonchev–Trinajstić information content (AvgIpc) is 2.05. The predicted molar refractivity (Wildman–Crippen MR) is 89.0 cm³/mol. The Morgan fingerprint density at radius 1 is 1.08 bits per heavy atom. The fraction of sp³-hybridized carbons (Fsp3) is 0.800. The van der Waals surface area contributed by atoms with Crippen LogP contribution in [0.2, 0.25) is 0 Å². The second-order valence-electron chi connectivity index (χ2n) is 5.81. The molecule has 0 bridgehead atoms. The quantitative estimate of drug-likeness (QED) is 0.379. The lowest BCUT2D eigenvalue weighted by Crippen LogP contribution is -2.34. The molecule has 0 unspecified atom stereocenters. The van der Waals surface area contributed by atoms with E-state index in [4.69, 9.17) is 20.6 Å². The van der Waals surface area contributed by atoms with E-state index >= 15 is 0 Å². The van der Waals surface area contributed by atoms with Crippen LogP contribution in [0.3, 0.4) is 0 Å². The van der Waals surface area contributed by atoms with E-state index in [1.54, 1.807) is 41.5 Å². The molecule has 2 N–H and O–H groups in total. The molecule has 0 aromatic heterocycles. The summed E-state index contributed by atoms with van der Waals surface area (Å²) in [4.78, 5) is 19.7. The highest BCUT2D eigenvalue weighted by molar-refractivity contribution is 8.13. The van der Waals surface area contributed by atoms with Crippen molar-refractivity contribution in [1.82, 2.24) is 4.72 Å². The Kier molecular flexibility index (Phi) is 12.6. The van der Waals surface area contributed by atoms with Crippen molar-refractivity contribution in [3.05, 3.63) is 0 Å². The number of nitrogens with one attached hydrogen (secondary N) is 1. The molecule has 1 amide bonds. The van der Waals surface area contributed by atoms with E-state index in [0.29, 0.717) is 0 Å². The van der Waals surface area contributed by atoms with Gasteiger partial charge in [0.15, 0.2) is 0 Å². The van der Waals surface area contributed by atoms with Crippen LogP contribution in [0.15, 0.2) is 4.40 Å². The van der Waals surface area contributed by atoms with Crippen molar-refractivity contribution >= 4 is 52.0 Å². The molecule has 0 aliphatic carbocycles. The highest BCUT2D eigenvalue weighted by Gasteiger charge is 2.19. The van der Waals surface area contributed by atoms with Gasteiger partial charge in [-0.05, 0) is 41.5 Å².